The zero-order chi connectivity index (χ0) is 15.7. The Balaban J connectivity index is 1.88. The van der Waals surface area contributed by atoms with E-state index < -0.39 is 0 Å². The van der Waals surface area contributed by atoms with E-state index in [1.807, 2.05) is 0 Å². The molecule has 0 saturated carbocycles. The summed E-state index contributed by atoms with van der Waals surface area (Å²) in [7, 11) is 0. The van der Waals surface area contributed by atoms with Crippen molar-refractivity contribution in [1.29, 1.82) is 0 Å². The standard InChI is InChI=1S/C18H18ClNO2/c1-12(2)14-5-3-13(4-6-14)10-20-16-9-15(19)7-8-17(16)22-11-18(20)21/h3-9,12H,10-11H2,1-2H3. The van der Waals surface area contributed by atoms with Gasteiger partial charge in [-0.2, -0.15) is 0 Å². The molecule has 0 bridgehead atoms. The molecule has 1 amide bonds. The van der Waals surface area contributed by atoms with Crippen LogP contribution in [0.1, 0.15) is 30.9 Å². The Bertz CT molecular complexity index is 695. The number of benzene rings is 2. The Morgan fingerprint density at radius 3 is 2.59 bits per heavy atom. The number of anilines is 1. The van der Waals surface area contributed by atoms with Crippen molar-refractivity contribution in [2.45, 2.75) is 26.3 Å². The molecule has 2 aromatic carbocycles. The van der Waals surface area contributed by atoms with E-state index in [-0.39, 0.29) is 12.5 Å². The molecule has 0 spiro atoms. The Hall–Kier alpha value is -2.00. The predicted molar refractivity (Wildman–Crippen MR) is 88.7 cm³/mol. The number of nitrogens with zero attached hydrogens (tertiary/aromatic N) is 1. The largest absolute Gasteiger partial charge is 0.482 e. The summed E-state index contributed by atoms with van der Waals surface area (Å²) in [6.07, 6.45) is 0. The lowest BCUT2D eigenvalue weighted by atomic mass is 10.0. The van der Waals surface area contributed by atoms with Gasteiger partial charge in [0.05, 0.1) is 12.2 Å². The minimum atomic E-state index is -0.0531. The molecule has 0 aliphatic carbocycles. The molecule has 3 rings (SSSR count). The number of fused-ring (bicyclic) bond motifs is 1. The summed E-state index contributed by atoms with van der Waals surface area (Å²) in [5.41, 5.74) is 3.11. The number of carbonyl (C=O) groups excluding carboxylic acids is 1. The number of ether oxygens (including phenoxy) is 1. The van der Waals surface area contributed by atoms with Crippen molar-refractivity contribution in [3.8, 4) is 5.75 Å². The second kappa shape index (κ2) is 6.01. The van der Waals surface area contributed by atoms with E-state index in [4.69, 9.17) is 16.3 Å². The second-order valence-corrected chi connectivity index (χ2v) is 6.21. The molecule has 4 heteroatoms. The van der Waals surface area contributed by atoms with Crippen LogP contribution in [0.4, 0.5) is 5.69 Å². The number of hydrogen-bond acceptors (Lipinski definition) is 2. The predicted octanol–water partition coefficient (Wildman–Crippen LogP) is 4.39. The molecular formula is C18H18ClNO2. The molecule has 0 atom stereocenters. The lowest BCUT2D eigenvalue weighted by Crippen LogP contribution is -2.38. The highest BCUT2D eigenvalue weighted by Gasteiger charge is 2.25. The first-order chi connectivity index (χ1) is 10.5. The molecular weight excluding hydrogens is 298 g/mol. The molecule has 0 N–H and O–H groups in total. The fraction of sp³-hybridized carbons (Fsp3) is 0.278. The normalized spacial score (nSPS) is 14.0. The molecule has 0 fully saturated rings. The van der Waals surface area contributed by atoms with Gasteiger partial charge in [-0.25, -0.2) is 0 Å². The zero-order valence-corrected chi connectivity index (χ0v) is 13.4. The SMILES string of the molecule is CC(C)c1ccc(CN2C(=O)COc3ccc(Cl)cc32)cc1. The lowest BCUT2D eigenvalue weighted by molar-refractivity contribution is -0.121. The highest BCUT2D eigenvalue weighted by Crippen LogP contribution is 2.35. The van der Waals surface area contributed by atoms with E-state index in [1.54, 1.807) is 23.1 Å². The average molecular weight is 316 g/mol. The molecule has 2 aromatic rings. The van der Waals surface area contributed by atoms with Crippen molar-refractivity contribution in [2.24, 2.45) is 0 Å². The highest BCUT2D eigenvalue weighted by molar-refractivity contribution is 6.31. The van der Waals surface area contributed by atoms with E-state index in [2.05, 4.69) is 38.1 Å². The summed E-state index contributed by atoms with van der Waals surface area (Å²) in [5.74, 6) is 1.14. The minimum absolute atomic E-state index is 0.0531. The molecule has 1 aliphatic heterocycles. The van der Waals surface area contributed by atoms with Crippen molar-refractivity contribution >= 4 is 23.2 Å². The fourth-order valence-electron chi connectivity index (χ4n) is 2.54. The summed E-state index contributed by atoms with van der Waals surface area (Å²) in [4.78, 5) is 13.9. The molecule has 3 nitrogen and oxygen atoms in total. The van der Waals surface area contributed by atoms with E-state index in [0.29, 0.717) is 23.2 Å². The Morgan fingerprint density at radius 2 is 1.91 bits per heavy atom. The highest BCUT2D eigenvalue weighted by atomic mass is 35.5. The third kappa shape index (κ3) is 2.95. The van der Waals surface area contributed by atoms with Crippen LogP contribution in [0.2, 0.25) is 5.02 Å². The van der Waals surface area contributed by atoms with Gasteiger partial charge in [0.25, 0.3) is 5.91 Å². The number of carbonyl (C=O) groups is 1. The fourth-order valence-corrected chi connectivity index (χ4v) is 2.71. The number of amides is 1. The summed E-state index contributed by atoms with van der Waals surface area (Å²) in [6, 6.07) is 13.7. The Kier molecular flexibility index (Phi) is 4.08. The smallest absolute Gasteiger partial charge is 0.265 e. The van der Waals surface area contributed by atoms with Crippen LogP contribution in [0.3, 0.4) is 0 Å². The van der Waals surface area contributed by atoms with Gasteiger partial charge in [0.15, 0.2) is 6.61 Å². The topological polar surface area (TPSA) is 29.5 Å². The van der Waals surface area contributed by atoms with E-state index in [1.165, 1.54) is 5.56 Å². The van der Waals surface area contributed by atoms with Crippen LogP contribution in [0.25, 0.3) is 0 Å². The average Bonchev–Trinajstić information content (AvgIpc) is 2.51. The van der Waals surface area contributed by atoms with Gasteiger partial charge < -0.3 is 9.64 Å². The summed E-state index contributed by atoms with van der Waals surface area (Å²) < 4.78 is 5.46. The summed E-state index contributed by atoms with van der Waals surface area (Å²) in [5, 5.41) is 0.595. The monoisotopic (exact) mass is 315 g/mol. The Morgan fingerprint density at radius 1 is 1.18 bits per heavy atom. The first-order valence-corrected chi connectivity index (χ1v) is 7.74. The third-order valence-corrected chi connectivity index (χ3v) is 4.09. The minimum Gasteiger partial charge on any atom is -0.482 e. The number of halogens is 1. The zero-order valence-electron chi connectivity index (χ0n) is 12.7. The molecule has 0 saturated heterocycles. The van der Waals surface area contributed by atoms with Crippen LogP contribution < -0.4 is 9.64 Å². The first kappa shape index (κ1) is 14.9. The van der Waals surface area contributed by atoms with Crippen molar-refractivity contribution in [3.63, 3.8) is 0 Å². The van der Waals surface area contributed by atoms with Gasteiger partial charge in [-0.05, 0) is 35.2 Å². The molecule has 1 heterocycles. The van der Waals surface area contributed by atoms with E-state index in [0.717, 1.165) is 11.3 Å². The maximum absolute atomic E-state index is 12.2. The quantitative estimate of drug-likeness (QED) is 0.840. The van der Waals surface area contributed by atoms with Crippen molar-refractivity contribution in [2.75, 3.05) is 11.5 Å². The molecule has 22 heavy (non-hydrogen) atoms. The van der Waals surface area contributed by atoms with Gasteiger partial charge in [-0.3, -0.25) is 4.79 Å². The third-order valence-electron chi connectivity index (χ3n) is 3.85. The second-order valence-electron chi connectivity index (χ2n) is 5.78. The van der Waals surface area contributed by atoms with Crippen LogP contribution >= 0.6 is 11.6 Å². The van der Waals surface area contributed by atoms with Crippen LogP contribution in [0.5, 0.6) is 5.75 Å². The van der Waals surface area contributed by atoms with E-state index in [9.17, 15) is 4.79 Å². The van der Waals surface area contributed by atoms with Gasteiger partial charge in [0.2, 0.25) is 0 Å². The van der Waals surface area contributed by atoms with Crippen LogP contribution in [0.15, 0.2) is 42.5 Å². The van der Waals surface area contributed by atoms with Gasteiger partial charge >= 0.3 is 0 Å². The van der Waals surface area contributed by atoms with Crippen molar-refractivity contribution < 1.29 is 9.53 Å². The summed E-state index contributed by atoms with van der Waals surface area (Å²) >= 11 is 6.05. The van der Waals surface area contributed by atoms with Gasteiger partial charge in [0.1, 0.15) is 5.75 Å². The number of rotatable bonds is 3. The molecule has 0 aromatic heterocycles. The molecule has 0 unspecified atom stereocenters. The first-order valence-electron chi connectivity index (χ1n) is 7.36. The molecule has 114 valence electrons. The van der Waals surface area contributed by atoms with Gasteiger partial charge in [0, 0.05) is 5.02 Å². The lowest BCUT2D eigenvalue weighted by Gasteiger charge is -2.29. The van der Waals surface area contributed by atoms with Gasteiger partial charge in [-0.15, -0.1) is 0 Å². The van der Waals surface area contributed by atoms with Crippen molar-refractivity contribution in [1.82, 2.24) is 0 Å². The van der Waals surface area contributed by atoms with Crippen LogP contribution in [-0.2, 0) is 11.3 Å². The van der Waals surface area contributed by atoms with Gasteiger partial charge in [-0.1, -0.05) is 49.7 Å². The van der Waals surface area contributed by atoms with E-state index >= 15 is 0 Å². The van der Waals surface area contributed by atoms with Crippen LogP contribution in [0, 0.1) is 0 Å². The molecule has 1 aliphatic rings. The molecule has 0 radical (unpaired) electrons. The maximum atomic E-state index is 12.2. The maximum Gasteiger partial charge on any atom is 0.265 e. The van der Waals surface area contributed by atoms with Crippen molar-refractivity contribution in [3.05, 3.63) is 58.6 Å². The summed E-state index contributed by atoms with van der Waals surface area (Å²) in [6.45, 7) is 4.92. The van der Waals surface area contributed by atoms with Crippen LogP contribution in [-0.4, -0.2) is 12.5 Å². The Labute approximate surface area is 135 Å². The number of hydrogen-bond donors (Lipinski definition) is 0.